The van der Waals surface area contributed by atoms with Gasteiger partial charge in [-0.05, 0) is 42.3 Å². The number of benzene rings is 1. The van der Waals surface area contributed by atoms with E-state index in [4.69, 9.17) is 11.6 Å². The van der Waals surface area contributed by atoms with Crippen LogP contribution in [0.3, 0.4) is 0 Å². The molecule has 1 aliphatic rings. The lowest BCUT2D eigenvalue weighted by Gasteiger charge is -2.36. The molecule has 4 aromatic rings. The molecule has 0 fully saturated rings. The summed E-state index contributed by atoms with van der Waals surface area (Å²) in [5.74, 6) is -1.27. The van der Waals surface area contributed by atoms with Crippen molar-refractivity contribution in [3.05, 3.63) is 75.8 Å². The Kier molecular flexibility index (Phi) is 5.54. The largest absolute Gasteiger partial charge is 0.433 e. The summed E-state index contributed by atoms with van der Waals surface area (Å²) in [5, 5.41) is 0.585. The number of aromatic nitrogens is 4. The van der Waals surface area contributed by atoms with Crippen molar-refractivity contribution in [2.75, 3.05) is 30.4 Å². The molecule has 6 nitrogen and oxygen atoms in total. The van der Waals surface area contributed by atoms with Gasteiger partial charge in [0, 0.05) is 49.0 Å². The Hall–Kier alpha value is -3.47. The first-order chi connectivity index (χ1) is 16.5. The van der Waals surface area contributed by atoms with Crippen molar-refractivity contribution in [1.29, 1.82) is 0 Å². The van der Waals surface area contributed by atoms with Crippen molar-refractivity contribution in [1.82, 2.24) is 19.9 Å². The number of nitrogens with one attached hydrogen (secondary N) is 1. The summed E-state index contributed by atoms with van der Waals surface area (Å²) in [4.78, 5) is 18.0. The molecule has 0 aliphatic carbocycles. The molecule has 1 aliphatic heterocycles. The normalized spacial score (nSPS) is 16.0. The molecule has 4 heterocycles. The van der Waals surface area contributed by atoms with Crippen LogP contribution in [0.1, 0.15) is 28.6 Å². The summed E-state index contributed by atoms with van der Waals surface area (Å²) in [5.41, 5.74) is 0.667. The Morgan fingerprint density at radius 2 is 1.89 bits per heavy atom. The zero-order valence-corrected chi connectivity index (χ0v) is 19.2. The van der Waals surface area contributed by atoms with E-state index >= 15 is 4.39 Å². The minimum atomic E-state index is -4.68. The highest BCUT2D eigenvalue weighted by molar-refractivity contribution is 6.31. The van der Waals surface area contributed by atoms with Crippen molar-refractivity contribution >= 4 is 34.3 Å². The molecule has 1 N–H and O–H groups in total. The van der Waals surface area contributed by atoms with Crippen molar-refractivity contribution < 1.29 is 22.0 Å². The van der Waals surface area contributed by atoms with Crippen LogP contribution in [0.15, 0.2) is 36.5 Å². The molecule has 35 heavy (non-hydrogen) atoms. The second kappa shape index (κ2) is 8.33. The summed E-state index contributed by atoms with van der Waals surface area (Å²) in [6.07, 6.45) is -3.30. The second-order valence-electron chi connectivity index (χ2n) is 8.36. The molecule has 3 aromatic heterocycles. The highest BCUT2D eigenvalue weighted by Gasteiger charge is 2.38. The van der Waals surface area contributed by atoms with Crippen molar-refractivity contribution in [3.8, 4) is 0 Å². The number of anilines is 2. The van der Waals surface area contributed by atoms with Gasteiger partial charge in [-0.15, -0.1) is 0 Å². The predicted octanol–water partition coefficient (Wildman–Crippen LogP) is 5.52. The zero-order valence-electron chi connectivity index (χ0n) is 18.5. The number of hydrogen-bond acceptors (Lipinski definition) is 5. The van der Waals surface area contributed by atoms with E-state index in [0.717, 1.165) is 17.8 Å². The molecule has 0 saturated heterocycles. The molecule has 0 amide bonds. The number of hydrogen-bond donors (Lipinski definition) is 1. The maximum atomic E-state index is 15.4. The van der Waals surface area contributed by atoms with Gasteiger partial charge in [0.05, 0.1) is 5.02 Å². The topological polar surface area (TPSA) is 60.9 Å². The van der Waals surface area contributed by atoms with Crippen LogP contribution in [0.2, 0.25) is 5.02 Å². The quantitative estimate of drug-likeness (QED) is 0.292. The van der Waals surface area contributed by atoms with Crippen LogP contribution in [0.5, 0.6) is 0 Å². The molecule has 5 rings (SSSR count). The maximum absolute atomic E-state index is 15.4. The first kappa shape index (κ1) is 23.3. The van der Waals surface area contributed by atoms with Gasteiger partial charge in [0.25, 0.3) is 0 Å². The van der Waals surface area contributed by atoms with Gasteiger partial charge in [-0.1, -0.05) is 11.6 Å². The Labute approximate surface area is 201 Å². The van der Waals surface area contributed by atoms with E-state index in [-0.39, 0.29) is 23.1 Å². The SMILES string of the molecule is CN(C)c1ccc(C2c3[nH]c4cc(F)c(Cl)cc4c3CCN2c2nccc(C(F)(F)F)n2)c(F)n1. The van der Waals surface area contributed by atoms with Crippen LogP contribution >= 0.6 is 11.6 Å². The van der Waals surface area contributed by atoms with E-state index in [2.05, 4.69) is 19.9 Å². The smallest absolute Gasteiger partial charge is 0.363 e. The average Bonchev–Trinajstić information content (AvgIpc) is 3.15. The van der Waals surface area contributed by atoms with E-state index in [9.17, 15) is 17.6 Å². The molecular weight excluding hydrogens is 491 g/mol. The van der Waals surface area contributed by atoms with Gasteiger partial charge < -0.3 is 14.8 Å². The van der Waals surface area contributed by atoms with Crippen molar-refractivity contribution in [2.45, 2.75) is 18.6 Å². The van der Waals surface area contributed by atoms with Crippen LogP contribution in [-0.4, -0.2) is 40.6 Å². The first-order valence-electron chi connectivity index (χ1n) is 10.5. The lowest BCUT2D eigenvalue weighted by Crippen LogP contribution is -2.38. The third kappa shape index (κ3) is 4.03. The number of nitrogens with zero attached hydrogens (tertiary/aromatic N) is 5. The molecule has 1 aromatic carbocycles. The molecule has 0 radical (unpaired) electrons. The van der Waals surface area contributed by atoms with Gasteiger partial charge in [0.15, 0.2) is 0 Å². The lowest BCUT2D eigenvalue weighted by atomic mass is 9.93. The number of pyridine rings is 1. The Balaban J connectivity index is 1.72. The zero-order chi connectivity index (χ0) is 25.1. The monoisotopic (exact) mass is 508 g/mol. The average molecular weight is 509 g/mol. The van der Waals surface area contributed by atoms with Gasteiger partial charge in [-0.25, -0.2) is 19.3 Å². The lowest BCUT2D eigenvalue weighted by molar-refractivity contribution is -0.141. The summed E-state index contributed by atoms with van der Waals surface area (Å²) in [6, 6.07) is 5.69. The number of alkyl halides is 3. The van der Waals surface area contributed by atoms with Crippen molar-refractivity contribution in [2.24, 2.45) is 0 Å². The number of aromatic amines is 1. The van der Waals surface area contributed by atoms with Gasteiger partial charge in [0.1, 0.15) is 23.4 Å². The minimum Gasteiger partial charge on any atom is -0.363 e. The molecule has 0 spiro atoms. The van der Waals surface area contributed by atoms with E-state index < -0.39 is 29.7 Å². The third-order valence-electron chi connectivity index (χ3n) is 5.97. The van der Waals surface area contributed by atoms with E-state index in [1.165, 1.54) is 23.1 Å². The van der Waals surface area contributed by atoms with Crippen LogP contribution < -0.4 is 9.80 Å². The highest BCUT2D eigenvalue weighted by atomic mass is 35.5. The van der Waals surface area contributed by atoms with Gasteiger partial charge >= 0.3 is 6.18 Å². The van der Waals surface area contributed by atoms with E-state index in [0.29, 0.717) is 28.8 Å². The Bertz CT molecular complexity index is 1430. The highest BCUT2D eigenvalue weighted by Crippen LogP contribution is 2.42. The maximum Gasteiger partial charge on any atom is 0.433 e. The number of rotatable bonds is 3. The van der Waals surface area contributed by atoms with Gasteiger partial charge in [-0.2, -0.15) is 17.6 Å². The predicted molar refractivity (Wildman–Crippen MR) is 122 cm³/mol. The van der Waals surface area contributed by atoms with Gasteiger partial charge in [0.2, 0.25) is 11.9 Å². The molecule has 1 unspecified atom stereocenters. The van der Waals surface area contributed by atoms with Crippen molar-refractivity contribution in [3.63, 3.8) is 0 Å². The number of halogens is 6. The Morgan fingerprint density at radius 1 is 1.11 bits per heavy atom. The second-order valence-corrected chi connectivity index (χ2v) is 8.77. The summed E-state index contributed by atoms with van der Waals surface area (Å²) in [6.45, 7) is 0.176. The standard InChI is InChI=1S/C23H18ClF5N6/c1-34(2)18-4-3-12(21(26)33-18)20-19-11(13-9-14(24)15(25)10-16(13)31-19)6-8-35(20)22-30-7-5-17(32-22)23(27,28)29/h3-5,7,9-10,20,31H,6,8H2,1-2H3. The fourth-order valence-corrected chi connectivity index (χ4v) is 4.52. The van der Waals surface area contributed by atoms with Crippen LogP contribution in [-0.2, 0) is 12.6 Å². The Morgan fingerprint density at radius 3 is 2.57 bits per heavy atom. The molecule has 0 bridgehead atoms. The fourth-order valence-electron chi connectivity index (χ4n) is 4.36. The molecule has 12 heteroatoms. The van der Waals surface area contributed by atoms with Crippen LogP contribution in [0.4, 0.5) is 33.7 Å². The third-order valence-corrected chi connectivity index (χ3v) is 6.26. The van der Waals surface area contributed by atoms with E-state index in [1.807, 2.05) is 0 Å². The number of fused-ring (bicyclic) bond motifs is 3. The summed E-state index contributed by atoms with van der Waals surface area (Å²) < 4.78 is 69.6. The fraction of sp³-hybridized carbons (Fsp3) is 0.261. The molecule has 0 saturated carbocycles. The molecular formula is C23H18ClF5N6. The minimum absolute atomic E-state index is 0.0670. The van der Waals surface area contributed by atoms with Gasteiger partial charge in [-0.3, -0.25) is 0 Å². The molecule has 182 valence electrons. The van der Waals surface area contributed by atoms with E-state index in [1.54, 1.807) is 25.1 Å². The van der Waals surface area contributed by atoms with Crippen LogP contribution in [0.25, 0.3) is 10.9 Å². The number of H-pyrrole nitrogens is 1. The first-order valence-corrected chi connectivity index (χ1v) is 10.9. The van der Waals surface area contributed by atoms with Crippen LogP contribution in [0, 0.1) is 11.8 Å². The molecule has 1 atom stereocenters. The summed E-state index contributed by atoms with van der Waals surface area (Å²) >= 11 is 6.00. The summed E-state index contributed by atoms with van der Waals surface area (Å²) in [7, 11) is 3.41.